The highest BCUT2D eigenvalue weighted by Crippen LogP contribution is 2.18. The maximum absolute atomic E-state index is 12.0. The molecule has 21 heavy (non-hydrogen) atoms. The molecule has 3 N–H and O–H groups in total. The van der Waals surface area contributed by atoms with Crippen molar-refractivity contribution in [1.29, 1.82) is 0 Å². The number of rotatable bonds is 6. The fourth-order valence-electron chi connectivity index (χ4n) is 2.51. The number of benzene rings is 1. The summed E-state index contributed by atoms with van der Waals surface area (Å²) in [6.07, 6.45) is 3.08. The van der Waals surface area contributed by atoms with Gasteiger partial charge in [-0.2, -0.15) is 0 Å². The van der Waals surface area contributed by atoms with E-state index in [4.69, 9.17) is 0 Å². The molecule has 0 saturated carbocycles. The molecule has 0 amide bonds. The van der Waals surface area contributed by atoms with Gasteiger partial charge in [-0.25, -0.2) is 13.1 Å². The standard InChI is InChI=1S/C15H25N3O2S/c1-3-10-17-21(19,20)14-8-6-13(7-9-14)18-15-5-4-11-16-12(15)2/h6-9,12,15-18H,3-5,10-11H2,1-2H3. The van der Waals surface area contributed by atoms with Gasteiger partial charge >= 0.3 is 0 Å². The van der Waals surface area contributed by atoms with Gasteiger partial charge in [0.15, 0.2) is 0 Å². The maximum Gasteiger partial charge on any atom is 0.240 e. The number of sulfonamides is 1. The van der Waals surface area contributed by atoms with Gasteiger partial charge in [-0.05, 0) is 57.0 Å². The van der Waals surface area contributed by atoms with Crippen LogP contribution in [0.1, 0.15) is 33.1 Å². The molecular weight excluding hydrogens is 286 g/mol. The highest BCUT2D eigenvalue weighted by molar-refractivity contribution is 7.89. The molecule has 2 rings (SSSR count). The molecular formula is C15H25N3O2S. The van der Waals surface area contributed by atoms with Crippen LogP contribution < -0.4 is 15.4 Å². The van der Waals surface area contributed by atoms with E-state index in [1.807, 2.05) is 19.1 Å². The highest BCUT2D eigenvalue weighted by Gasteiger charge is 2.20. The van der Waals surface area contributed by atoms with E-state index in [1.165, 1.54) is 0 Å². The lowest BCUT2D eigenvalue weighted by molar-refractivity contribution is 0.389. The van der Waals surface area contributed by atoms with Crippen molar-refractivity contribution in [1.82, 2.24) is 10.0 Å². The molecule has 118 valence electrons. The van der Waals surface area contributed by atoms with Crippen LogP contribution in [0.2, 0.25) is 0 Å². The van der Waals surface area contributed by atoms with E-state index in [2.05, 4.69) is 22.3 Å². The maximum atomic E-state index is 12.0. The smallest absolute Gasteiger partial charge is 0.240 e. The van der Waals surface area contributed by atoms with Gasteiger partial charge in [-0.15, -0.1) is 0 Å². The van der Waals surface area contributed by atoms with Crippen molar-refractivity contribution in [2.75, 3.05) is 18.4 Å². The third-order valence-corrected chi connectivity index (χ3v) is 5.30. The van der Waals surface area contributed by atoms with Crippen LogP contribution in [0.25, 0.3) is 0 Å². The third-order valence-electron chi connectivity index (χ3n) is 3.82. The van der Waals surface area contributed by atoms with E-state index in [9.17, 15) is 8.42 Å². The van der Waals surface area contributed by atoms with Gasteiger partial charge in [0, 0.05) is 24.3 Å². The fraction of sp³-hybridized carbons (Fsp3) is 0.600. The lowest BCUT2D eigenvalue weighted by Gasteiger charge is -2.31. The second kappa shape index (κ2) is 7.24. The van der Waals surface area contributed by atoms with Gasteiger partial charge in [0.05, 0.1) is 4.90 Å². The molecule has 1 heterocycles. The molecule has 0 aromatic heterocycles. The Bertz CT molecular complexity index is 543. The van der Waals surface area contributed by atoms with Gasteiger partial charge < -0.3 is 10.6 Å². The number of hydrogen-bond acceptors (Lipinski definition) is 4. The van der Waals surface area contributed by atoms with Crippen molar-refractivity contribution in [3.8, 4) is 0 Å². The molecule has 1 fully saturated rings. The summed E-state index contributed by atoms with van der Waals surface area (Å²) in [6.45, 7) is 5.65. The average molecular weight is 311 g/mol. The largest absolute Gasteiger partial charge is 0.381 e. The molecule has 6 heteroatoms. The zero-order valence-electron chi connectivity index (χ0n) is 12.7. The second-order valence-electron chi connectivity index (χ2n) is 5.56. The normalized spacial score (nSPS) is 23.0. The fourth-order valence-corrected chi connectivity index (χ4v) is 3.64. The molecule has 1 aromatic carbocycles. The first-order valence-electron chi connectivity index (χ1n) is 7.62. The Balaban J connectivity index is 2.01. The summed E-state index contributed by atoms with van der Waals surface area (Å²) in [6, 6.07) is 7.79. The van der Waals surface area contributed by atoms with Crippen LogP contribution in [-0.2, 0) is 10.0 Å². The zero-order valence-corrected chi connectivity index (χ0v) is 13.5. The SMILES string of the molecule is CCCNS(=O)(=O)c1ccc(NC2CCCNC2C)cc1. The van der Waals surface area contributed by atoms with E-state index in [1.54, 1.807) is 12.1 Å². The van der Waals surface area contributed by atoms with Gasteiger partial charge in [0.25, 0.3) is 0 Å². The molecule has 0 aliphatic carbocycles. The van der Waals surface area contributed by atoms with Crippen LogP contribution in [0.3, 0.4) is 0 Å². The quantitative estimate of drug-likeness (QED) is 0.751. The monoisotopic (exact) mass is 311 g/mol. The molecule has 2 atom stereocenters. The van der Waals surface area contributed by atoms with Crippen molar-refractivity contribution >= 4 is 15.7 Å². The molecule has 2 unspecified atom stereocenters. The van der Waals surface area contributed by atoms with Crippen molar-refractivity contribution in [2.24, 2.45) is 0 Å². The number of anilines is 1. The van der Waals surface area contributed by atoms with Crippen LogP contribution in [-0.4, -0.2) is 33.6 Å². The summed E-state index contributed by atoms with van der Waals surface area (Å²) in [7, 11) is -3.37. The zero-order chi connectivity index (χ0) is 15.3. The summed E-state index contributed by atoms with van der Waals surface area (Å²) >= 11 is 0. The third kappa shape index (κ3) is 4.43. The van der Waals surface area contributed by atoms with Crippen molar-refractivity contribution in [3.05, 3.63) is 24.3 Å². The summed E-state index contributed by atoms with van der Waals surface area (Å²) in [5.41, 5.74) is 0.963. The van der Waals surface area contributed by atoms with E-state index in [-0.39, 0.29) is 0 Å². The molecule has 0 bridgehead atoms. The van der Waals surface area contributed by atoms with Gasteiger partial charge in [-0.3, -0.25) is 0 Å². The molecule has 5 nitrogen and oxygen atoms in total. The van der Waals surface area contributed by atoms with E-state index in [0.717, 1.165) is 31.5 Å². The lowest BCUT2D eigenvalue weighted by Crippen LogP contribution is -2.46. The summed E-state index contributed by atoms with van der Waals surface area (Å²) in [5, 5.41) is 6.92. The molecule has 1 saturated heterocycles. The predicted molar refractivity (Wildman–Crippen MR) is 86.0 cm³/mol. The van der Waals surface area contributed by atoms with E-state index in [0.29, 0.717) is 23.5 Å². The Labute approximate surface area is 127 Å². The minimum absolute atomic E-state index is 0.316. The number of hydrogen-bond donors (Lipinski definition) is 3. The van der Waals surface area contributed by atoms with E-state index < -0.39 is 10.0 Å². The van der Waals surface area contributed by atoms with Crippen LogP contribution >= 0.6 is 0 Å². The van der Waals surface area contributed by atoms with Crippen LogP contribution in [0, 0.1) is 0 Å². The molecule has 0 spiro atoms. The Morgan fingerprint density at radius 2 is 2.00 bits per heavy atom. The Morgan fingerprint density at radius 3 is 2.62 bits per heavy atom. The summed E-state index contributed by atoms with van der Waals surface area (Å²) in [4.78, 5) is 0.316. The van der Waals surface area contributed by atoms with Crippen molar-refractivity contribution < 1.29 is 8.42 Å². The summed E-state index contributed by atoms with van der Waals surface area (Å²) in [5.74, 6) is 0. The number of nitrogens with one attached hydrogen (secondary N) is 3. The molecule has 1 aliphatic rings. The first-order chi connectivity index (χ1) is 10.0. The van der Waals surface area contributed by atoms with Crippen LogP contribution in [0.15, 0.2) is 29.2 Å². The molecule has 0 radical (unpaired) electrons. The Kier molecular flexibility index (Phi) is 5.61. The van der Waals surface area contributed by atoms with Gasteiger partial charge in [0.2, 0.25) is 10.0 Å². The second-order valence-corrected chi connectivity index (χ2v) is 7.32. The first kappa shape index (κ1) is 16.3. The topological polar surface area (TPSA) is 70.2 Å². The number of piperidine rings is 1. The summed E-state index contributed by atoms with van der Waals surface area (Å²) < 4.78 is 26.6. The molecule has 1 aromatic rings. The van der Waals surface area contributed by atoms with Crippen molar-refractivity contribution in [3.63, 3.8) is 0 Å². The van der Waals surface area contributed by atoms with E-state index >= 15 is 0 Å². The van der Waals surface area contributed by atoms with Crippen molar-refractivity contribution in [2.45, 2.75) is 50.1 Å². The van der Waals surface area contributed by atoms with Gasteiger partial charge in [-0.1, -0.05) is 6.92 Å². The Hall–Kier alpha value is -1.11. The minimum Gasteiger partial charge on any atom is -0.381 e. The minimum atomic E-state index is -3.37. The highest BCUT2D eigenvalue weighted by atomic mass is 32.2. The first-order valence-corrected chi connectivity index (χ1v) is 9.11. The lowest BCUT2D eigenvalue weighted by atomic mass is 9.99. The average Bonchev–Trinajstić information content (AvgIpc) is 2.48. The van der Waals surface area contributed by atoms with Crippen LogP contribution in [0.5, 0.6) is 0 Å². The Morgan fingerprint density at radius 1 is 1.29 bits per heavy atom. The molecule has 1 aliphatic heterocycles. The van der Waals surface area contributed by atoms with Crippen LogP contribution in [0.4, 0.5) is 5.69 Å². The predicted octanol–water partition coefficient (Wildman–Crippen LogP) is 1.93. The van der Waals surface area contributed by atoms with Gasteiger partial charge in [0.1, 0.15) is 0 Å².